The van der Waals surface area contributed by atoms with Gasteiger partial charge in [-0.15, -0.1) is 0 Å². The van der Waals surface area contributed by atoms with E-state index in [1.54, 1.807) is 0 Å². The van der Waals surface area contributed by atoms with Gasteiger partial charge >= 0.3 is 20.9 Å². The summed E-state index contributed by atoms with van der Waals surface area (Å²) in [7, 11) is -2.63. The van der Waals surface area contributed by atoms with Gasteiger partial charge in [0.2, 0.25) is 0 Å². The number of halogens is 5. The van der Waals surface area contributed by atoms with Crippen molar-refractivity contribution in [2.75, 3.05) is 6.61 Å². The molecule has 1 heterocycles. The van der Waals surface area contributed by atoms with Gasteiger partial charge in [0.1, 0.15) is 0 Å². The zero-order chi connectivity index (χ0) is 11.7. The molecule has 0 aromatic carbocycles. The molecule has 1 fully saturated rings. The lowest BCUT2D eigenvalue weighted by atomic mass is 10.3. The minimum Gasteiger partial charge on any atom is -0.312 e. The largest absolute Gasteiger partial charge is 0.483 e. The first kappa shape index (κ1) is 13.0. The van der Waals surface area contributed by atoms with E-state index in [2.05, 4.69) is 13.6 Å². The highest BCUT2D eigenvalue weighted by atomic mass is 31.2. The van der Waals surface area contributed by atoms with E-state index in [0.29, 0.717) is 6.42 Å². The van der Waals surface area contributed by atoms with Crippen LogP contribution in [-0.4, -0.2) is 25.0 Å². The number of hydrogen-bond acceptors (Lipinski definition) is 3. The molecule has 0 spiro atoms. The molecule has 90 valence electrons. The van der Waals surface area contributed by atoms with Crippen LogP contribution in [0.15, 0.2) is 0 Å². The average Bonchev–Trinajstić information content (AvgIpc) is 2.00. The molecule has 9 heteroatoms. The van der Waals surface area contributed by atoms with Crippen LogP contribution in [-0.2, 0) is 13.6 Å². The molecule has 1 rings (SSSR count). The monoisotopic (exact) mass is 254 g/mol. The SMILES string of the molecule is CC1CCOP(OC(F)(F)C(F)(F)F)O1. The summed E-state index contributed by atoms with van der Waals surface area (Å²) in [4.78, 5) is 0. The van der Waals surface area contributed by atoms with Gasteiger partial charge in [-0.1, -0.05) is 0 Å². The van der Waals surface area contributed by atoms with Crippen molar-refractivity contribution < 1.29 is 35.5 Å². The summed E-state index contributed by atoms with van der Waals surface area (Å²) < 4.78 is 72.5. The molecular weight excluding hydrogens is 246 g/mol. The van der Waals surface area contributed by atoms with E-state index in [1.807, 2.05) is 0 Å². The fraction of sp³-hybridized carbons (Fsp3) is 1.00. The van der Waals surface area contributed by atoms with E-state index in [4.69, 9.17) is 0 Å². The van der Waals surface area contributed by atoms with Gasteiger partial charge < -0.3 is 9.05 Å². The Hall–Kier alpha value is -0.0400. The Kier molecular flexibility index (Phi) is 3.86. The van der Waals surface area contributed by atoms with Gasteiger partial charge in [-0.2, -0.15) is 22.0 Å². The highest BCUT2D eigenvalue weighted by Gasteiger charge is 2.61. The molecule has 3 nitrogen and oxygen atoms in total. The van der Waals surface area contributed by atoms with Gasteiger partial charge in [-0.25, -0.2) is 4.52 Å². The van der Waals surface area contributed by atoms with E-state index < -0.39 is 27.0 Å². The lowest BCUT2D eigenvalue weighted by Gasteiger charge is -2.29. The van der Waals surface area contributed by atoms with Crippen LogP contribution in [0.25, 0.3) is 0 Å². The molecular formula is C6H8F5O3P. The molecule has 2 atom stereocenters. The molecule has 1 aliphatic rings. The van der Waals surface area contributed by atoms with E-state index >= 15 is 0 Å². The molecule has 1 saturated heterocycles. The number of alkyl halides is 5. The smallest absolute Gasteiger partial charge is 0.312 e. The second kappa shape index (κ2) is 4.45. The summed E-state index contributed by atoms with van der Waals surface area (Å²) in [5, 5.41) is 0. The molecule has 0 bridgehead atoms. The number of rotatable bonds is 2. The zero-order valence-electron chi connectivity index (χ0n) is 7.55. The molecule has 0 aromatic rings. The molecule has 0 radical (unpaired) electrons. The third-order valence-corrected chi connectivity index (χ3v) is 2.81. The maximum atomic E-state index is 12.4. The molecule has 15 heavy (non-hydrogen) atoms. The second-order valence-corrected chi connectivity index (χ2v) is 3.97. The van der Waals surface area contributed by atoms with Gasteiger partial charge in [-0.05, 0) is 13.3 Å². The molecule has 2 unspecified atom stereocenters. The van der Waals surface area contributed by atoms with Crippen molar-refractivity contribution in [3.05, 3.63) is 0 Å². The van der Waals surface area contributed by atoms with Gasteiger partial charge in [-0.3, -0.25) is 0 Å². The molecule has 1 aliphatic heterocycles. The van der Waals surface area contributed by atoms with Crippen molar-refractivity contribution in [2.45, 2.75) is 31.7 Å². The summed E-state index contributed by atoms with van der Waals surface area (Å²) in [6.07, 6.45) is -11.0. The molecule has 0 aliphatic carbocycles. The average molecular weight is 254 g/mol. The predicted octanol–water partition coefficient (Wildman–Crippen LogP) is 3.21. The van der Waals surface area contributed by atoms with Crippen LogP contribution < -0.4 is 0 Å². The summed E-state index contributed by atoms with van der Waals surface area (Å²) in [5.74, 6) is 0. The van der Waals surface area contributed by atoms with Crippen molar-refractivity contribution in [3.8, 4) is 0 Å². The van der Waals surface area contributed by atoms with Crippen LogP contribution in [0, 0.1) is 0 Å². The third kappa shape index (κ3) is 3.48. The first-order valence-corrected chi connectivity index (χ1v) is 5.05. The van der Waals surface area contributed by atoms with E-state index in [-0.39, 0.29) is 6.61 Å². The minimum atomic E-state index is -5.76. The van der Waals surface area contributed by atoms with Gasteiger partial charge in [0, 0.05) is 0 Å². The Labute approximate surface area is 83.5 Å². The fourth-order valence-corrected chi connectivity index (χ4v) is 1.82. The Morgan fingerprint density at radius 1 is 1.27 bits per heavy atom. The van der Waals surface area contributed by atoms with Crippen molar-refractivity contribution in [1.82, 2.24) is 0 Å². The molecule has 0 saturated carbocycles. The zero-order valence-corrected chi connectivity index (χ0v) is 8.45. The van der Waals surface area contributed by atoms with Crippen LogP contribution in [0.1, 0.15) is 13.3 Å². The van der Waals surface area contributed by atoms with E-state index in [0.717, 1.165) is 0 Å². The van der Waals surface area contributed by atoms with Crippen molar-refractivity contribution in [3.63, 3.8) is 0 Å². The quantitative estimate of drug-likeness (QED) is 0.559. The first-order chi connectivity index (χ1) is 6.72. The van der Waals surface area contributed by atoms with Crippen LogP contribution in [0.5, 0.6) is 0 Å². The Balaban J connectivity index is 2.53. The Morgan fingerprint density at radius 3 is 2.33 bits per heavy atom. The van der Waals surface area contributed by atoms with Crippen molar-refractivity contribution in [1.29, 1.82) is 0 Å². The normalized spacial score (nSPS) is 29.2. The van der Waals surface area contributed by atoms with Crippen molar-refractivity contribution in [2.24, 2.45) is 0 Å². The van der Waals surface area contributed by atoms with E-state index in [9.17, 15) is 22.0 Å². The molecule has 0 amide bonds. The summed E-state index contributed by atoms with van der Waals surface area (Å²) in [5.41, 5.74) is 0. The molecule has 0 aromatic heterocycles. The van der Waals surface area contributed by atoms with Crippen LogP contribution in [0.4, 0.5) is 22.0 Å². The van der Waals surface area contributed by atoms with Crippen LogP contribution in [0.2, 0.25) is 0 Å². The van der Waals surface area contributed by atoms with Crippen molar-refractivity contribution >= 4 is 8.60 Å². The first-order valence-electron chi connectivity index (χ1n) is 3.96. The standard InChI is InChI=1S/C6H8F5O3P/c1-4-2-3-12-15(13-4)14-6(10,11)5(7,8)9/h4H,2-3H2,1H3. The lowest BCUT2D eigenvalue weighted by molar-refractivity contribution is -0.364. The third-order valence-electron chi connectivity index (χ3n) is 1.51. The summed E-state index contributed by atoms with van der Waals surface area (Å²) in [6.45, 7) is 1.58. The second-order valence-electron chi connectivity index (χ2n) is 2.87. The number of hydrogen-bond donors (Lipinski definition) is 0. The summed E-state index contributed by atoms with van der Waals surface area (Å²) in [6, 6.07) is 0. The van der Waals surface area contributed by atoms with Crippen LogP contribution >= 0.6 is 8.60 Å². The predicted molar refractivity (Wildman–Crippen MR) is 40.1 cm³/mol. The Bertz CT molecular complexity index is 221. The summed E-state index contributed by atoms with van der Waals surface area (Å²) >= 11 is 0. The maximum Gasteiger partial charge on any atom is 0.483 e. The fourth-order valence-electron chi connectivity index (χ4n) is 0.716. The maximum absolute atomic E-state index is 12.4. The lowest BCUT2D eigenvalue weighted by Crippen LogP contribution is -2.38. The highest BCUT2D eigenvalue weighted by molar-refractivity contribution is 7.41. The van der Waals surface area contributed by atoms with Gasteiger partial charge in [0.15, 0.2) is 0 Å². The minimum absolute atomic E-state index is 0.0425. The molecule has 0 N–H and O–H groups in total. The van der Waals surface area contributed by atoms with Gasteiger partial charge in [0.25, 0.3) is 0 Å². The highest BCUT2D eigenvalue weighted by Crippen LogP contribution is 2.52. The van der Waals surface area contributed by atoms with Gasteiger partial charge in [0.05, 0.1) is 12.7 Å². The topological polar surface area (TPSA) is 27.7 Å². The Morgan fingerprint density at radius 2 is 1.87 bits per heavy atom. The van der Waals surface area contributed by atoms with E-state index in [1.165, 1.54) is 6.92 Å². The van der Waals surface area contributed by atoms with Crippen LogP contribution in [0.3, 0.4) is 0 Å².